The quantitative estimate of drug-likeness (QED) is 0.529. The highest BCUT2D eigenvalue weighted by atomic mass is 32.1. The Morgan fingerprint density at radius 1 is 0.946 bits per heavy atom. The van der Waals surface area contributed by atoms with Gasteiger partial charge in [0.25, 0.3) is 11.5 Å². The van der Waals surface area contributed by atoms with Crippen LogP contribution >= 0.6 is 11.3 Å². The fourth-order valence-electron chi connectivity index (χ4n) is 5.66. The molecule has 3 aromatic rings. The minimum Gasteiger partial charge on any atom is -0.340 e. The lowest BCUT2D eigenvalue weighted by molar-refractivity contribution is -0.126. The molecule has 6 rings (SSSR count). The van der Waals surface area contributed by atoms with Gasteiger partial charge in [0.15, 0.2) is 0 Å². The van der Waals surface area contributed by atoms with E-state index in [0.717, 1.165) is 54.9 Å². The zero-order chi connectivity index (χ0) is 25.5. The Bertz CT molecular complexity index is 1610. The first-order chi connectivity index (χ1) is 18.1. The number of hydrazone groups is 1. The van der Waals surface area contributed by atoms with E-state index in [1.54, 1.807) is 9.58 Å². The van der Waals surface area contributed by atoms with E-state index >= 15 is 0 Å². The Kier molecular flexibility index (Phi) is 6.16. The van der Waals surface area contributed by atoms with E-state index in [0.29, 0.717) is 20.5 Å². The molecule has 0 unspecified atom stereocenters. The molecular weight excluding hydrogens is 480 g/mol. The molecule has 188 valence electrons. The average Bonchev–Trinajstić information content (AvgIpc) is 3.43. The van der Waals surface area contributed by atoms with Gasteiger partial charge in [-0.05, 0) is 56.5 Å². The Morgan fingerprint density at radius 3 is 2.43 bits per heavy atom. The van der Waals surface area contributed by atoms with E-state index in [1.165, 1.54) is 17.8 Å². The van der Waals surface area contributed by atoms with Gasteiger partial charge in [0, 0.05) is 12.2 Å². The van der Waals surface area contributed by atoms with E-state index in [1.807, 2.05) is 55.5 Å². The van der Waals surface area contributed by atoms with Crippen LogP contribution in [0.3, 0.4) is 0 Å². The van der Waals surface area contributed by atoms with Crippen LogP contribution in [0.15, 0.2) is 70.6 Å². The number of anilines is 1. The first-order valence-electron chi connectivity index (χ1n) is 13.1. The summed E-state index contributed by atoms with van der Waals surface area (Å²) in [5.41, 5.74) is 4.90. The van der Waals surface area contributed by atoms with Crippen LogP contribution in [-0.4, -0.2) is 33.8 Å². The monoisotopic (exact) mass is 510 g/mol. The molecule has 2 aliphatic heterocycles. The molecule has 3 heterocycles. The lowest BCUT2D eigenvalue weighted by Crippen LogP contribution is -2.38. The molecule has 1 amide bonds. The number of fused-ring (bicyclic) bond motifs is 1. The maximum Gasteiger partial charge on any atom is 0.279 e. The number of nitrogens with zero attached hydrogens (tertiary/aromatic N) is 4. The Hall–Kier alpha value is -3.71. The van der Waals surface area contributed by atoms with Crippen molar-refractivity contribution in [1.29, 1.82) is 0 Å². The van der Waals surface area contributed by atoms with Gasteiger partial charge < -0.3 is 4.90 Å². The summed E-state index contributed by atoms with van der Waals surface area (Å²) < 4.78 is 2.97. The molecule has 37 heavy (non-hydrogen) atoms. The van der Waals surface area contributed by atoms with Gasteiger partial charge in [0.1, 0.15) is 9.20 Å². The fraction of sp³-hybridized carbons (Fsp3) is 0.300. The largest absolute Gasteiger partial charge is 0.340 e. The second-order valence-electron chi connectivity index (χ2n) is 9.74. The van der Waals surface area contributed by atoms with Gasteiger partial charge in [-0.1, -0.05) is 61.7 Å². The maximum atomic E-state index is 14.1. The van der Waals surface area contributed by atoms with Gasteiger partial charge in [0.2, 0.25) is 0 Å². The number of likely N-dealkylation sites (N-methyl/N-ethyl adjacent to an activating group) is 1. The molecule has 1 saturated carbocycles. The highest BCUT2D eigenvalue weighted by Gasteiger charge is 2.35. The van der Waals surface area contributed by atoms with Gasteiger partial charge >= 0.3 is 0 Å². The predicted molar refractivity (Wildman–Crippen MR) is 151 cm³/mol. The number of amides is 1. The summed E-state index contributed by atoms with van der Waals surface area (Å²) in [6.07, 6.45) is 9.49. The zero-order valence-corrected chi connectivity index (χ0v) is 22.0. The Morgan fingerprint density at radius 2 is 1.68 bits per heavy atom. The van der Waals surface area contributed by atoms with Crippen molar-refractivity contribution in [1.82, 2.24) is 9.58 Å². The summed E-state index contributed by atoms with van der Waals surface area (Å²) in [6, 6.07) is 17.9. The lowest BCUT2D eigenvalue weighted by atomic mass is 9.95. The highest BCUT2D eigenvalue weighted by molar-refractivity contribution is 7.08. The third-order valence-corrected chi connectivity index (χ3v) is 8.65. The number of benzene rings is 2. The van der Waals surface area contributed by atoms with Crippen LogP contribution in [0.2, 0.25) is 0 Å². The van der Waals surface area contributed by atoms with Crippen LogP contribution in [-0.2, 0) is 4.79 Å². The van der Waals surface area contributed by atoms with Gasteiger partial charge in [-0.3, -0.25) is 14.2 Å². The second-order valence-corrected chi connectivity index (χ2v) is 10.7. The molecule has 1 aromatic heterocycles. The number of carbonyl (C=O) groups is 1. The van der Waals surface area contributed by atoms with Gasteiger partial charge in [-0.15, -0.1) is 11.3 Å². The van der Waals surface area contributed by atoms with Crippen molar-refractivity contribution in [3.05, 3.63) is 85.8 Å². The molecule has 7 heteroatoms. The molecule has 2 aromatic carbocycles. The first-order valence-corrected chi connectivity index (χ1v) is 13.9. The highest BCUT2D eigenvalue weighted by Crippen LogP contribution is 2.31. The molecule has 0 N–H and O–H groups in total. The summed E-state index contributed by atoms with van der Waals surface area (Å²) in [6.45, 7) is 4.70. The van der Waals surface area contributed by atoms with E-state index in [-0.39, 0.29) is 17.5 Å². The normalized spacial score (nSPS) is 20.9. The van der Waals surface area contributed by atoms with Crippen LogP contribution < -0.4 is 19.7 Å². The van der Waals surface area contributed by atoms with Crippen molar-refractivity contribution in [3.63, 3.8) is 0 Å². The molecule has 0 saturated heterocycles. The van der Waals surface area contributed by atoms with Crippen molar-refractivity contribution in [2.75, 3.05) is 11.4 Å². The van der Waals surface area contributed by atoms with Crippen LogP contribution in [0.25, 0.3) is 23.0 Å². The van der Waals surface area contributed by atoms with Gasteiger partial charge in [-0.2, -0.15) is 5.10 Å². The minimum absolute atomic E-state index is 0.0937. The molecule has 1 fully saturated rings. The minimum atomic E-state index is -0.118. The molecule has 0 atom stereocenters. The number of rotatable bonds is 3. The summed E-state index contributed by atoms with van der Waals surface area (Å²) in [5.74, 6) is -0.0937. The third kappa shape index (κ3) is 3.98. The summed E-state index contributed by atoms with van der Waals surface area (Å²) >= 11 is 1.39. The number of hydrogen-bond donors (Lipinski definition) is 0. The molecular formula is C30H30N4O2S. The van der Waals surface area contributed by atoms with Gasteiger partial charge in [0.05, 0.1) is 28.7 Å². The summed E-state index contributed by atoms with van der Waals surface area (Å²) in [5, 5.41) is 6.41. The standard InChI is InChI=1S/C30H30N4O2S/c1-3-32-24-17-11-10-12-21(24)18-19-25(32)27-29(36)33(22-13-6-4-7-14-22)30(37-27)26-20(2)31-34(28(26)35)23-15-8-5-9-16-23/h4,6-7,10-14,17-19,23H,3,5,8-9,15-16H2,1-2H3/b27-25+,30-26+. The zero-order valence-electron chi connectivity index (χ0n) is 21.2. The Balaban J connectivity index is 1.62. The smallest absolute Gasteiger partial charge is 0.279 e. The molecule has 0 radical (unpaired) electrons. The predicted octanol–water partition coefficient (Wildman–Crippen LogP) is 4.26. The van der Waals surface area contributed by atoms with Crippen LogP contribution in [0.5, 0.6) is 0 Å². The van der Waals surface area contributed by atoms with Gasteiger partial charge in [-0.25, -0.2) is 5.01 Å². The SMILES string of the molecule is CCN1/C(=c2/s/c(=C3/C(=O)N(C4CCCCC4)N=C3C)n(-c3ccccc3)c2=O)C=Cc2ccccc21. The van der Waals surface area contributed by atoms with E-state index in [9.17, 15) is 9.59 Å². The van der Waals surface area contributed by atoms with E-state index < -0.39 is 0 Å². The van der Waals surface area contributed by atoms with Crippen molar-refractivity contribution >= 4 is 46.0 Å². The number of thiazole rings is 1. The number of hydrogen-bond acceptors (Lipinski definition) is 5. The number of carbonyl (C=O) groups excluding carboxylic acids is 1. The number of para-hydroxylation sites is 2. The fourth-order valence-corrected chi connectivity index (χ4v) is 6.93. The van der Waals surface area contributed by atoms with Crippen molar-refractivity contribution < 1.29 is 4.79 Å². The maximum absolute atomic E-state index is 14.1. The van der Waals surface area contributed by atoms with Crippen LogP contribution in [0.4, 0.5) is 5.69 Å². The topological polar surface area (TPSA) is 57.9 Å². The van der Waals surface area contributed by atoms with Crippen molar-refractivity contribution in [3.8, 4) is 5.69 Å². The van der Waals surface area contributed by atoms with Crippen molar-refractivity contribution in [2.45, 2.75) is 52.0 Å². The van der Waals surface area contributed by atoms with Crippen LogP contribution in [0.1, 0.15) is 51.5 Å². The summed E-state index contributed by atoms with van der Waals surface area (Å²) in [7, 11) is 0. The summed E-state index contributed by atoms with van der Waals surface area (Å²) in [4.78, 5) is 30.1. The van der Waals surface area contributed by atoms with Crippen molar-refractivity contribution in [2.24, 2.45) is 5.10 Å². The number of aromatic nitrogens is 1. The second kappa shape index (κ2) is 9.63. The average molecular weight is 511 g/mol. The third-order valence-electron chi connectivity index (χ3n) is 7.48. The van der Waals surface area contributed by atoms with E-state index in [4.69, 9.17) is 5.10 Å². The first kappa shape index (κ1) is 23.7. The lowest BCUT2D eigenvalue weighted by Gasteiger charge is -2.28. The van der Waals surface area contributed by atoms with E-state index in [2.05, 4.69) is 30.0 Å². The Labute approximate surface area is 220 Å². The molecule has 3 aliphatic rings. The molecule has 1 aliphatic carbocycles. The molecule has 6 nitrogen and oxygen atoms in total. The van der Waals surface area contributed by atoms with Crippen LogP contribution in [0, 0.1) is 0 Å². The molecule has 0 spiro atoms. The molecule has 0 bridgehead atoms.